The second-order valence-electron chi connectivity index (χ2n) is 8.62. The molecule has 0 spiro atoms. The molecular weight excluding hydrogens is 514 g/mol. The van der Waals surface area contributed by atoms with Crippen LogP contribution in [0.5, 0.6) is 0 Å². The molecule has 9 heteroatoms. The molecule has 0 aliphatic rings. The topological polar surface area (TPSA) is 87.2 Å². The highest BCUT2D eigenvalue weighted by atomic mass is 32.1. The molecule has 0 saturated heterocycles. The number of thiol groups is 1. The van der Waals surface area contributed by atoms with Crippen LogP contribution >= 0.6 is 24.2 Å². The number of hydrogen-bond acceptors (Lipinski definition) is 7. The summed E-state index contributed by atoms with van der Waals surface area (Å²) in [6, 6.07) is 19.6. The Morgan fingerprint density at radius 1 is 1.05 bits per heavy atom. The van der Waals surface area contributed by atoms with Gasteiger partial charge in [-0.3, -0.25) is 14.6 Å². The number of pyridine rings is 1. The summed E-state index contributed by atoms with van der Waals surface area (Å²) in [6.07, 6.45) is 5.28. The number of carbonyl (C=O) groups is 2. The summed E-state index contributed by atoms with van der Waals surface area (Å²) >= 11 is 5.75. The first-order valence-electron chi connectivity index (χ1n) is 12.1. The Bertz CT molecular complexity index is 1450. The monoisotopic (exact) mass is 543 g/mol. The van der Waals surface area contributed by atoms with Gasteiger partial charge in [0.25, 0.3) is 5.91 Å². The molecule has 2 aromatic heterocycles. The van der Waals surface area contributed by atoms with E-state index >= 15 is 0 Å². The van der Waals surface area contributed by atoms with Gasteiger partial charge in [-0.15, -0.1) is 11.3 Å². The molecule has 0 aliphatic carbocycles. The lowest BCUT2D eigenvalue weighted by Crippen LogP contribution is -2.33. The third kappa shape index (κ3) is 6.55. The van der Waals surface area contributed by atoms with Crippen LogP contribution in [0.25, 0.3) is 28.0 Å². The number of anilines is 1. The number of thiazole rings is 1. The molecular formula is C29H29N5O2S2. The zero-order valence-corrected chi connectivity index (χ0v) is 23.1. The van der Waals surface area contributed by atoms with E-state index in [4.69, 9.17) is 0 Å². The van der Waals surface area contributed by atoms with Gasteiger partial charge in [0.05, 0.1) is 12.2 Å². The smallest absolute Gasteiger partial charge is 0.251 e. The van der Waals surface area contributed by atoms with E-state index in [2.05, 4.69) is 39.5 Å². The maximum absolute atomic E-state index is 13.0. The number of benzene rings is 2. The van der Waals surface area contributed by atoms with E-state index in [-0.39, 0.29) is 24.4 Å². The molecule has 0 radical (unpaired) electrons. The number of rotatable bonds is 9. The Hall–Kier alpha value is -3.79. The van der Waals surface area contributed by atoms with Gasteiger partial charge < -0.3 is 10.6 Å². The van der Waals surface area contributed by atoms with Crippen LogP contribution in [0, 0.1) is 0 Å². The predicted octanol–water partition coefficient (Wildman–Crippen LogP) is 5.87. The predicted molar refractivity (Wildman–Crippen MR) is 158 cm³/mol. The summed E-state index contributed by atoms with van der Waals surface area (Å²) in [7, 11) is 1.87. The minimum atomic E-state index is -0.350. The number of allylic oxidation sites excluding steroid dienone is 1. The molecule has 0 fully saturated rings. The van der Waals surface area contributed by atoms with E-state index < -0.39 is 0 Å². The number of amides is 2. The van der Waals surface area contributed by atoms with Gasteiger partial charge in [0.1, 0.15) is 0 Å². The number of nitrogens with zero attached hydrogens (tertiary/aromatic N) is 3. The zero-order chi connectivity index (χ0) is 27.1. The molecule has 0 aliphatic heterocycles. The van der Waals surface area contributed by atoms with Crippen molar-refractivity contribution in [2.45, 2.75) is 19.9 Å². The number of nitrogens with one attached hydrogen (secondary N) is 2. The molecule has 4 aromatic rings. The van der Waals surface area contributed by atoms with E-state index in [0.29, 0.717) is 10.7 Å². The fraction of sp³-hybridized carbons (Fsp3) is 0.172. The van der Waals surface area contributed by atoms with Crippen molar-refractivity contribution in [1.29, 1.82) is 0 Å². The molecule has 0 bridgehead atoms. The Morgan fingerprint density at radius 2 is 1.79 bits per heavy atom. The van der Waals surface area contributed by atoms with Gasteiger partial charge in [0, 0.05) is 35.0 Å². The van der Waals surface area contributed by atoms with Crippen molar-refractivity contribution in [2.75, 3.05) is 18.9 Å². The molecule has 0 saturated carbocycles. The Balaban J connectivity index is 1.39. The van der Waals surface area contributed by atoms with Crippen molar-refractivity contribution in [1.82, 2.24) is 19.6 Å². The normalized spacial score (nSPS) is 12.3. The number of hydrogen-bond donors (Lipinski definition) is 3. The first kappa shape index (κ1) is 27.3. The minimum Gasteiger partial charge on any atom is -0.343 e. The molecule has 4 rings (SSSR count). The van der Waals surface area contributed by atoms with Crippen molar-refractivity contribution >= 4 is 46.7 Å². The molecule has 1 unspecified atom stereocenters. The van der Waals surface area contributed by atoms with Crippen LogP contribution in [0.3, 0.4) is 0 Å². The first-order valence-corrected chi connectivity index (χ1v) is 13.4. The number of aromatic nitrogens is 2. The molecule has 2 N–H and O–H groups in total. The van der Waals surface area contributed by atoms with E-state index in [9.17, 15) is 9.59 Å². The zero-order valence-electron chi connectivity index (χ0n) is 21.4. The number of carbonyl (C=O) groups excluding carboxylic acids is 2. The molecule has 7 nitrogen and oxygen atoms in total. The molecule has 2 aromatic carbocycles. The Morgan fingerprint density at radius 3 is 2.53 bits per heavy atom. The fourth-order valence-corrected chi connectivity index (χ4v) is 4.86. The van der Waals surface area contributed by atoms with Crippen molar-refractivity contribution in [3.05, 3.63) is 95.6 Å². The van der Waals surface area contributed by atoms with Crippen molar-refractivity contribution < 1.29 is 9.59 Å². The summed E-state index contributed by atoms with van der Waals surface area (Å²) in [6.45, 7) is 3.65. The van der Waals surface area contributed by atoms with E-state index in [1.54, 1.807) is 22.8 Å². The lowest BCUT2D eigenvalue weighted by molar-refractivity contribution is -0.120. The van der Waals surface area contributed by atoms with Crippen LogP contribution in [0.1, 0.15) is 31.0 Å². The molecule has 1 atom stereocenters. The van der Waals surface area contributed by atoms with Crippen LogP contribution < -0.4 is 10.6 Å². The first-order chi connectivity index (χ1) is 18.4. The summed E-state index contributed by atoms with van der Waals surface area (Å²) in [5.74, 6) is -0.672. The standard InChI is InChI=1S/C29H29N5O2S2/c1-4-23(25-11-6-5-10-24(25)19(2)34(3)37)28(36)31-17-27(35)33-29-32-26(18-38-29)22-9-7-8-21(16-22)20-12-14-30-15-13-20/h4-16,18-19,37H,17H2,1-3H3,(H,31,36)(H,32,33,35)/b23-4+. The van der Waals surface area contributed by atoms with Gasteiger partial charge >= 0.3 is 0 Å². The van der Waals surface area contributed by atoms with Crippen molar-refractivity contribution in [2.24, 2.45) is 0 Å². The summed E-state index contributed by atoms with van der Waals surface area (Å²) in [4.78, 5) is 34.3. The van der Waals surface area contributed by atoms with E-state index in [1.807, 2.05) is 80.9 Å². The van der Waals surface area contributed by atoms with E-state index in [0.717, 1.165) is 33.5 Å². The highest BCUT2D eigenvalue weighted by molar-refractivity contribution is 7.77. The molecule has 38 heavy (non-hydrogen) atoms. The summed E-state index contributed by atoms with van der Waals surface area (Å²) in [5, 5.41) is 7.88. The second kappa shape index (κ2) is 12.6. The lowest BCUT2D eigenvalue weighted by Gasteiger charge is -2.22. The van der Waals surface area contributed by atoms with E-state index in [1.165, 1.54) is 11.3 Å². The average molecular weight is 544 g/mol. The SMILES string of the molecule is C/C=C(/C(=O)NCC(=O)Nc1nc(-c2cccc(-c3ccncc3)c2)cs1)c1ccccc1C(C)N(C)S. The van der Waals surface area contributed by atoms with Crippen LogP contribution in [-0.2, 0) is 9.59 Å². The Labute approximate surface area is 232 Å². The maximum Gasteiger partial charge on any atom is 0.251 e. The van der Waals surface area contributed by atoms with Crippen LogP contribution in [-0.4, -0.2) is 39.7 Å². The van der Waals surface area contributed by atoms with Crippen LogP contribution in [0.4, 0.5) is 5.13 Å². The maximum atomic E-state index is 13.0. The second-order valence-corrected chi connectivity index (χ2v) is 10.1. The largest absolute Gasteiger partial charge is 0.343 e. The van der Waals surface area contributed by atoms with Gasteiger partial charge in [-0.1, -0.05) is 61.4 Å². The third-order valence-corrected chi connectivity index (χ3v) is 7.23. The van der Waals surface area contributed by atoms with Gasteiger partial charge in [0.2, 0.25) is 5.91 Å². The summed E-state index contributed by atoms with van der Waals surface area (Å²) < 4.78 is 1.79. The molecule has 2 heterocycles. The fourth-order valence-electron chi connectivity index (χ4n) is 4.00. The van der Waals surface area contributed by atoms with Crippen LogP contribution in [0.15, 0.2) is 84.5 Å². The van der Waals surface area contributed by atoms with Gasteiger partial charge in [-0.05, 0) is 61.3 Å². The average Bonchev–Trinajstić information content (AvgIpc) is 3.41. The quantitative estimate of drug-likeness (QED) is 0.182. The summed E-state index contributed by atoms with van der Waals surface area (Å²) in [5.41, 5.74) is 6.12. The van der Waals surface area contributed by atoms with Crippen molar-refractivity contribution in [3.8, 4) is 22.4 Å². The van der Waals surface area contributed by atoms with Gasteiger partial charge in [-0.2, -0.15) is 0 Å². The highest BCUT2D eigenvalue weighted by Gasteiger charge is 2.20. The van der Waals surface area contributed by atoms with Gasteiger partial charge in [-0.25, -0.2) is 9.29 Å². The molecule has 194 valence electrons. The third-order valence-electron chi connectivity index (χ3n) is 6.13. The van der Waals surface area contributed by atoms with Crippen molar-refractivity contribution in [3.63, 3.8) is 0 Å². The molecule has 2 amide bonds. The highest BCUT2D eigenvalue weighted by Crippen LogP contribution is 2.30. The minimum absolute atomic E-state index is 0.00919. The van der Waals surface area contributed by atoms with Gasteiger partial charge in [0.15, 0.2) is 5.13 Å². The van der Waals surface area contributed by atoms with Crippen LogP contribution in [0.2, 0.25) is 0 Å². The lowest BCUT2D eigenvalue weighted by atomic mass is 9.94. The Kier molecular flexibility index (Phi) is 9.06.